The maximum atomic E-state index is 12.2. The molecule has 2 aromatic rings. The highest BCUT2D eigenvalue weighted by Gasteiger charge is 2.23. The Morgan fingerprint density at radius 2 is 1.93 bits per heavy atom. The quantitative estimate of drug-likeness (QED) is 0.743. The van der Waals surface area contributed by atoms with Crippen molar-refractivity contribution in [3.05, 3.63) is 59.0 Å². The van der Waals surface area contributed by atoms with E-state index in [-0.39, 0.29) is 11.9 Å². The van der Waals surface area contributed by atoms with Gasteiger partial charge in [-0.05, 0) is 51.3 Å². The molecule has 1 aliphatic carbocycles. The summed E-state index contributed by atoms with van der Waals surface area (Å²) in [5.74, 6) is 1.12. The van der Waals surface area contributed by atoms with Gasteiger partial charge < -0.3 is 9.73 Å². The molecule has 27 heavy (non-hydrogen) atoms. The van der Waals surface area contributed by atoms with Crippen LogP contribution in [-0.2, 0) is 13.1 Å². The average molecular weight is 369 g/mol. The number of hydrogen-bond acceptors (Lipinski definition) is 3. The van der Waals surface area contributed by atoms with E-state index in [2.05, 4.69) is 41.4 Å². The molecule has 3 rings (SSSR count). The van der Waals surface area contributed by atoms with Crippen molar-refractivity contribution in [1.29, 1.82) is 0 Å². The van der Waals surface area contributed by atoms with Gasteiger partial charge in [-0.25, -0.2) is 0 Å². The molecular weight excluding hydrogens is 336 g/mol. The Morgan fingerprint density at radius 1 is 1.15 bits per heavy atom. The first-order valence-corrected chi connectivity index (χ1v) is 10.2. The summed E-state index contributed by atoms with van der Waals surface area (Å²) in [6, 6.07) is 13.2. The lowest BCUT2D eigenvalue weighted by Crippen LogP contribution is -2.35. The zero-order valence-corrected chi connectivity index (χ0v) is 16.8. The van der Waals surface area contributed by atoms with Crippen molar-refractivity contribution in [2.75, 3.05) is 0 Å². The van der Waals surface area contributed by atoms with Gasteiger partial charge in [0.1, 0.15) is 5.76 Å². The standard InChI is InChI=1S/C23H32N2O2/c1-17(2)24-23(26)22-13-12-21(27-22)16-25(20-10-5-4-6-11-20)15-19-9-7-8-18(3)14-19/h7-9,12-14,17,20H,4-6,10-11,15-16H2,1-3H3,(H,24,26). The van der Waals surface area contributed by atoms with Gasteiger partial charge in [0, 0.05) is 18.6 Å². The van der Waals surface area contributed by atoms with E-state index in [1.54, 1.807) is 6.07 Å². The lowest BCUT2D eigenvalue weighted by atomic mass is 9.93. The number of amides is 1. The average Bonchev–Trinajstić information content (AvgIpc) is 3.10. The van der Waals surface area contributed by atoms with E-state index < -0.39 is 0 Å². The Hall–Kier alpha value is -2.07. The third-order valence-corrected chi connectivity index (χ3v) is 5.22. The summed E-state index contributed by atoms with van der Waals surface area (Å²) in [6.45, 7) is 7.71. The van der Waals surface area contributed by atoms with Crippen LogP contribution in [0, 0.1) is 6.92 Å². The molecule has 1 N–H and O–H groups in total. The predicted molar refractivity (Wildman–Crippen MR) is 109 cm³/mol. The van der Waals surface area contributed by atoms with Crippen molar-refractivity contribution in [2.45, 2.75) is 78.0 Å². The minimum Gasteiger partial charge on any atom is -0.455 e. The van der Waals surface area contributed by atoms with Gasteiger partial charge in [-0.3, -0.25) is 9.69 Å². The maximum absolute atomic E-state index is 12.2. The number of aryl methyl sites for hydroxylation is 1. The molecule has 1 aromatic carbocycles. The van der Waals surface area contributed by atoms with Gasteiger partial charge in [0.05, 0.1) is 6.54 Å². The fraction of sp³-hybridized carbons (Fsp3) is 0.522. The highest BCUT2D eigenvalue weighted by Crippen LogP contribution is 2.26. The lowest BCUT2D eigenvalue weighted by molar-refractivity contribution is 0.0905. The van der Waals surface area contributed by atoms with Crippen LogP contribution >= 0.6 is 0 Å². The number of carbonyl (C=O) groups is 1. The maximum Gasteiger partial charge on any atom is 0.287 e. The van der Waals surface area contributed by atoms with E-state index in [4.69, 9.17) is 4.42 Å². The van der Waals surface area contributed by atoms with Crippen LogP contribution in [0.25, 0.3) is 0 Å². The lowest BCUT2D eigenvalue weighted by Gasteiger charge is -2.34. The first-order chi connectivity index (χ1) is 13.0. The summed E-state index contributed by atoms with van der Waals surface area (Å²) >= 11 is 0. The van der Waals surface area contributed by atoms with Gasteiger partial charge >= 0.3 is 0 Å². The summed E-state index contributed by atoms with van der Waals surface area (Å²) in [6.07, 6.45) is 6.43. The van der Waals surface area contributed by atoms with Gasteiger partial charge in [0.25, 0.3) is 5.91 Å². The first kappa shape index (κ1) is 19.7. The second kappa shape index (κ2) is 9.23. The SMILES string of the molecule is Cc1cccc(CN(Cc2ccc(C(=O)NC(C)C)o2)C2CCCCC2)c1. The third-order valence-electron chi connectivity index (χ3n) is 5.22. The minimum absolute atomic E-state index is 0.103. The van der Waals surface area contributed by atoms with E-state index in [1.165, 1.54) is 43.2 Å². The van der Waals surface area contributed by atoms with Crippen molar-refractivity contribution in [3.8, 4) is 0 Å². The largest absolute Gasteiger partial charge is 0.455 e. The molecule has 1 fully saturated rings. The van der Waals surface area contributed by atoms with Crippen LogP contribution in [0.15, 0.2) is 40.8 Å². The Labute approximate surface area is 162 Å². The summed E-state index contributed by atoms with van der Waals surface area (Å²) in [4.78, 5) is 14.7. The van der Waals surface area contributed by atoms with Crippen LogP contribution in [0.2, 0.25) is 0 Å². The van der Waals surface area contributed by atoms with Crippen molar-refractivity contribution >= 4 is 5.91 Å². The zero-order chi connectivity index (χ0) is 19.2. The van der Waals surface area contributed by atoms with Crippen LogP contribution in [0.5, 0.6) is 0 Å². The second-order valence-corrected chi connectivity index (χ2v) is 8.08. The molecule has 4 heteroatoms. The summed E-state index contributed by atoms with van der Waals surface area (Å²) in [5, 5.41) is 2.89. The highest BCUT2D eigenvalue weighted by atomic mass is 16.4. The molecule has 0 bridgehead atoms. The smallest absolute Gasteiger partial charge is 0.287 e. The number of benzene rings is 1. The molecule has 1 aromatic heterocycles. The van der Waals surface area contributed by atoms with Gasteiger partial charge in [0.15, 0.2) is 5.76 Å². The molecule has 0 saturated heterocycles. The molecule has 0 unspecified atom stereocenters. The fourth-order valence-electron chi connectivity index (χ4n) is 3.92. The second-order valence-electron chi connectivity index (χ2n) is 8.08. The Kier molecular flexibility index (Phi) is 6.73. The van der Waals surface area contributed by atoms with Gasteiger partial charge in [0.2, 0.25) is 0 Å². The number of hydrogen-bond donors (Lipinski definition) is 1. The number of carbonyl (C=O) groups excluding carboxylic acids is 1. The molecule has 0 atom stereocenters. The molecule has 1 saturated carbocycles. The first-order valence-electron chi connectivity index (χ1n) is 10.2. The van der Waals surface area contributed by atoms with E-state index in [9.17, 15) is 4.79 Å². The molecule has 1 amide bonds. The van der Waals surface area contributed by atoms with Crippen molar-refractivity contribution in [1.82, 2.24) is 10.2 Å². The Bertz CT molecular complexity index is 744. The number of rotatable bonds is 7. The van der Waals surface area contributed by atoms with Crippen LogP contribution in [0.1, 0.15) is 73.4 Å². The number of nitrogens with one attached hydrogen (secondary N) is 1. The van der Waals surface area contributed by atoms with Crippen molar-refractivity contribution in [3.63, 3.8) is 0 Å². The zero-order valence-electron chi connectivity index (χ0n) is 16.8. The van der Waals surface area contributed by atoms with Gasteiger partial charge in [-0.15, -0.1) is 0 Å². The van der Waals surface area contributed by atoms with E-state index in [1.807, 2.05) is 19.9 Å². The highest BCUT2D eigenvalue weighted by molar-refractivity contribution is 5.91. The number of furan rings is 1. The normalized spacial score (nSPS) is 15.4. The molecule has 1 aliphatic rings. The van der Waals surface area contributed by atoms with Gasteiger partial charge in [-0.1, -0.05) is 49.1 Å². The van der Waals surface area contributed by atoms with E-state index >= 15 is 0 Å². The van der Waals surface area contributed by atoms with Crippen LogP contribution in [0.3, 0.4) is 0 Å². The Balaban J connectivity index is 1.73. The molecule has 4 nitrogen and oxygen atoms in total. The monoisotopic (exact) mass is 368 g/mol. The number of nitrogens with zero attached hydrogens (tertiary/aromatic N) is 1. The molecule has 0 aliphatic heterocycles. The summed E-state index contributed by atoms with van der Waals surface area (Å²) in [5.41, 5.74) is 2.63. The van der Waals surface area contributed by atoms with Crippen molar-refractivity contribution in [2.24, 2.45) is 0 Å². The third kappa shape index (κ3) is 5.70. The summed E-state index contributed by atoms with van der Waals surface area (Å²) in [7, 11) is 0. The van der Waals surface area contributed by atoms with Gasteiger partial charge in [-0.2, -0.15) is 0 Å². The molecule has 0 radical (unpaired) electrons. The Morgan fingerprint density at radius 3 is 2.63 bits per heavy atom. The van der Waals surface area contributed by atoms with Crippen LogP contribution in [0.4, 0.5) is 0 Å². The van der Waals surface area contributed by atoms with Crippen LogP contribution in [-0.4, -0.2) is 22.9 Å². The topological polar surface area (TPSA) is 45.5 Å². The minimum atomic E-state index is -0.140. The summed E-state index contributed by atoms with van der Waals surface area (Å²) < 4.78 is 5.88. The molecule has 146 valence electrons. The molecule has 1 heterocycles. The molecular formula is C23H32N2O2. The van der Waals surface area contributed by atoms with Crippen LogP contribution < -0.4 is 5.32 Å². The van der Waals surface area contributed by atoms with Crippen molar-refractivity contribution < 1.29 is 9.21 Å². The predicted octanol–water partition coefficient (Wildman–Crippen LogP) is 5.06. The van der Waals surface area contributed by atoms with E-state index in [0.29, 0.717) is 11.8 Å². The fourth-order valence-corrected chi connectivity index (χ4v) is 3.92. The van der Waals surface area contributed by atoms with E-state index in [0.717, 1.165) is 18.8 Å². The molecule has 0 spiro atoms.